The predicted octanol–water partition coefficient (Wildman–Crippen LogP) is 3.85. The molecule has 122 valence electrons. The molecule has 0 atom stereocenters. The van der Waals surface area contributed by atoms with Gasteiger partial charge in [0.05, 0.1) is 18.2 Å². The number of ether oxygens (including phenoxy) is 2. The van der Waals surface area contributed by atoms with Gasteiger partial charge in [-0.1, -0.05) is 17.3 Å². The largest absolute Gasteiger partial charge is 0.497 e. The van der Waals surface area contributed by atoms with Crippen LogP contribution in [0.5, 0.6) is 5.75 Å². The maximum Gasteiger partial charge on any atom is 0.338 e. The van der Waals surface area contributed by atoms with Crippen molar-refractivity contribution in [3.8, 4) is 17.1 Å². The monoisotopic (exact) mass is 327 g/mol. The number of hydrogen-bond donors (Lipinski definition) is 0. The van der Waals surface area contributed by atoms with Crippen LogP contribution in [0.1, 0.15) is 16.1 Å². The number of carbonyl (C=O) groups is 1. The summed E-state index contributed by atoms with van der Waals surface area (Å²) in [5.74, 6) is 0.0321. The predicted molar refractivity (Wildman–Crippen MR) is 84.0 cm³/mol. The lowest BCUT2D eigenvalue weighted by atomic mass is 10.1. The molecule has 0 aliphatic rings. The zero-order valence-electron chi connectivity index (χ0n) is 12.9. The molecule has 1 aromatic heterocycles. The van der Waals surface area contributed by atoms with Crippen molar-refractivity contribution in [3.63, 3.8) is 0 Å². The Morgan fingerprint density at radius 1 is 1.17 bits per heavy atom. The highest BCUT2D eigenvalue weighted by molar-refractivity contribution is 5.89. The van der Waals surface area contributed by atoms with Crippen molar-refractivity contribution in [1.82, 2.24) is 5.16 Å². The van der Waals surface area contributed by atoms with E-state index in [1.807, 2.05) is 0 Å². The zero-order valence-corrected chi connectivity index (χ0v) is 12.9. The number of carbonyl (C=O) groups excluding carboxylic acids is 1. The Kier molecular flexibility index (Phi) is 4.56. The van der Waals surface area contributed by atoms with Gasteiger partial charge in [0.15, 0.2) is 5.76 Å². The summed E-state index contributed by atoms with van der Waals surface area (Å²) in [7, 11) is 1.55. The summed E-state index contributed by atoms with van der Waals surface area (Å²) < 4.78 is 29.0. The van der Waals surface area contributed by atoms with Crippen molar-refractivity contribution in [2.24, 2.45) is 0 Å². The minimum Gasteiger partial charge on any atom is -0.497 e. The van der Waals surface area contributed by atoms with Crippen LogP contribution in [0.3, 0.4) is 0 Å². The molecule has 0 unspecified atom stereocenters. The molecule has 5 nitrogen and oxygen atoms in total. The first-order valence-electron chi connectivity index (χ1n) is 7.19. The molecule has 0 fully saturated rings. The van der Waals surface area contributed by atoms with Gasteiger partial charge in [0, 0.05) is 6.07 Å². The molecule has 1 heterocycles. The average Bonchev–Trinajstić information content (AvgIpc) is 3.09. The molecule has 6 heteroatoms. The van der Waals surface area contributed by atoms with E-state index in [1.54, 1.807) is 55.6 Å². The fraction of sp³-hybridized carbons (Fsp3) is 0.111. The van der Waals surface area contributed by atoms with Crippen LogP contribution in [-0.2, 0) is 11.3 Å². The van der Waals surface area contributed by atoms with E-state index in [4.69, 9.17) is 14.0 Å². The van der Waals surface area contributed by atoms with Gasteiger partial charge in [-0.2, -0.15) is 0 Å². The highest BCUT2D eigenvalue weighted by Crippen LogP contribution is 2.23. The molecule has 0 aliphatic carbocycles. The van der Waals surface area contributed by atoms with Crippen LogP contribution in [0.4, 0.5) is 4.39 Å². The Hall–Kier alpha value is -3.15. The van der Waals surface area contributed by atoms with Gasteiger partial charge in [0.25, 0.3) is 0 Å². The van der Waals surface area contributed by atoms with Crippen molar-refractivity contribution >= 4 is 5.97 Å². The van der Waals surface area contributed by atoms with Crippen LogP contribution in [0.25, 0.3) is 11.3 Å². The van der Waals surface area contributed by atoms with E-state index < -0.39 is 11.8 Å². The Morgan fingerprint density at radius 2 is 1.92 bits per heavy atom. The van der Waals surface area contributed by atoms with E-state index in [0.29, 0.717) is 22.6 Å². The van der Waals surface area contributed by atoms with Gasteiger partial charge in [0.2, 0.25) is 0 Å². The van der Waals surface area contributed by atoms with Crippen LogP contribution >= 0.6 is 0 Å². The minimum atomic E-state index is -0.493. The van der Waals surface area contributed by atoms with E-state index in [9.17, 15) is 9.18 Å². The standard InChI is InChI=1S/C18H14FNO4/c1-22-14-8-6-12(7-9-14)18(21)23-11-13-10-17(24-20-13)15-4-2-3-5-16(15)19/h2-10H,11H2,1H3. The molecular formula is C18H14FNO4. The summed E-state index contributed by atoms with van der Waals surface area (Å²) in [5, 5.41) is 3.79. The van der Waals surface area contributed by atoms with Crippen molar-refractivity contribution in [1.29, 1.82) is 0 Å². The first kappa shape index (κ1) is 15.7. The van der Waals surface area contributed by atoms with Crippen LogP contribution < -0.4 is 4.74 Å². The molecule has 0 spiro atoms. The third kappa shape index (κ3) is 3.43. The molecule has 0 N–H and O–H groups in total. The summed E-state index contributed by atoms with van der Waals surface area (Å²) in [6.45, 7) is -0.0667. The van der Waals surface area contributed by atoms with Crippen LogP contribution in [0.15, 0.2) is 59.1 Å². The topological polar surface area (TPSA) is 61.6 Å². The molecule has 0 radical (unpaired) electrons. The second-order valence-electron chi connectivity index (χ2n) is 4.97. The lowest BCUT2D eigenvalue weighted by molar-refractivity contribution is 0.0464. The SMILES string of the molecule is COc1ccc(C(=O)OCc2cc(-c3ccccc3F)on2)cc1. The molecule has 0 aliphatic heterocycles. The van der Waals surface area contributed by atoms with Gasteiger partial charge in [0.1, 0.15) is 23.9 Å². The summed E-state index contributed by atoms with van der Waals surface area (Å²) in [5.41, 5.74) is 1.10. The van der Waals surface area contributed by atoms with Crippen molar-refractivity contribution in [2.75, 3.05) is 7.11 Å². The quantitative estimate of drug-likeness (QED) is 0.666. The van der Waals surface area contributed by atoms with E-state index >= 15 is 0 Å². The van der Waals surface area contributed by atoms with E-state index in [-0.39, 0.29) is 12.4 Å². The average molecular weight is 327 g/mol. The second kappa shape index (κ2) is 6.95. The third-order valence-electron chi connectivity index (χ3n) is 3.38. The molecule has 24 heavy (non-hydrogen) atoms. The van der Waals surface area contributed by atoms with E-state index in [2.05, 4.69) is 5.16 Å². The smallest absolute Gasteiger partial charge is 0.338 e. The molecule has 0 saturated heterocycles. The Balaban J connectivity index is 1.65. The maximum absolute atomic E-state index is 13.7. The lowest BCUT2D eigenvalue weighted by Gasteiger charge is -2.03. The Bertz CT molecular complexity index is 842. The van der Waals surface area contributed by atoms with Gasteiger partial charge in [-0.25, -0.2) is 9.18 Å². The van der Waals surface area contributed by atoms with Crippen LogP contribution in [0, 0.1) is 5.82 Å². The number of halogens is 1. The number of nitrogens with zero attached hydrogens (tertiary/aromatic N) is 1. The molecule has 0 saturated carbocycles. The summed E-state index contributed by atoms with van der Waals surface area (Å²) >= 11 is 0. The Labute approximate surface area is 137 Å². The van der Waals surface area contributed by atoms with Crippen molar-refractivity contribution in [3.05, 3.63) is 71.7 Å². The van der Waals surface area contributed by atoms with Crippen LogP contribution in [0.2, 0.25) is 0 Å². The fourth-order valence-electron chi connectivity index (χ4n) is 2.12. The third-order valence-corrected chi connectivity index (χ3v) is 3.38. The normalized spacial score (nSPS) is 10.4. The first-order valence-corrected chi connectivity index (χ1v) is 7.19. The first-order chi connectivity index (χ1) is 11.7. The molecular weight excluding hydrogens is 313 g/mol. The van der Waals surface area contributed by atoms with E-state index in [0.717, 1.165) is 0 Å². The highest BCUT2D eigenvalue weighted by Gasteiger charge is 2.13. The molecule has 2 aromatic carbocycles. The van der Waals surface area contributed by atoms with Gasteiger partial charge >= 0.3 is 5.97 Å². The number of rotatable bonds is 5. The number of hydrogen-bond acceptors (Lipinski definition) is 5. The lowest BCUT2D eigenvalue weighted by Crippen LogP contribution is -2.05. The zero-order chi connectivity index (χ0) is 16.9. The van der Waals surface area contributed by atoms with E-state index in [1.165, 1.54) is 6.07 Å². The van der Waals surface area contributed by atoms with Gasteiger partial charge in [-0.15, -0.1) is 0 Å². The van der Waals surface area contributed by atoms with Crippen molar-refractivity contribution < 1.29 is 23.2 Å². The van der Waals surface area contributed by atoms with Crippen LogP contribution in [-0.4, -0.2) is 18.2 Å². The fourth-order valence-corrected chi connectivity index (χ4v) is 2.12. The number of methoxy groups -OCH3 is 1. The number of aromatic nitrogens is 1. The second-order valence-corrected chi connectivity index (χ2v) is 4.97. The minimum absolute atomic E-state index is 0.0667. The Morgan fingerprint density at radius 3 is 2.62 bits per heavy atom. The van der Waals surface area contributed by atoms with Gasteiger partial charge in [-0.3, -0.25) is 0 Å². The maximum atomic E-state index is 13.7. The highest BCUT2D eigenvalue weighted by atomic mass is 19.1. The molecule has 0 bridgehead atoms. The molecule has 0 amide bonds. The summed E-state index contributed by atoms with van der Waals surface area (Å²) in [4.78, 5) is 12.0. The summed E-state index contributed by atoms with van der Waals surface area (Å²) in [6, 6.07) is 14.3. The molecule has 3 aromatic rings. The van der Waals surface area contributed by atoms with Crippen molar-refractivity contribution in [2.45, 2.75) is 6.61 Å². The summed E-state index contributed by atoms with van der Waals surface area (Å²) in [6.07, 6.45) is 0. The number of benzene rings is 2. The van der Waals surface area contributed by atoms with Gasteiger partial charge < -0.3 is 14.0 Å². The number of esters is 1. The van der Waals surface area contributed by atoms with Gasteiger partial charge in [-0.05, 0) is 36.4 Å². The molecule has 3 rings (SSSR count).